The van der Waals surface area contributed by atoms with Crippen molar-refractivity contribution in [2.45, 2.75) is 13.3 Å². The molecule has 2 amide bonds. The first kappa shape index (κ1) is 15.6. The lowest BCUT2D eigenvalue weighted by Gasteiger charge is -2.12. The second-order valence-electron chi connectivity index (χ2n) is 4.16. The van der Waals surface area contributed by atoms with E-state index >= 15 is 0 Å². The summed E-state index contributed by atoms with van der Waals surface area (Å²) in [5, 5.41) is 14.5. The first-order valence-corrected chi connectivity index (χ1v) is 6.35. The van der Waals surface area contributed by atoms with Gasteiger partial charge in [0.05, 0.1) is 10.7 Å². The van der Waals surface area contributed by atoms with Crippen LogP contribution in [0, 0.1) is 5.92 Å². The molecule has 0 aliphatic rings. The van der Waals surface area contributed by atoms with E-state index in [4.69, 9.17) is 28.3 Å². The molecule has 0 heterocycles. The van der Waals surface area contributed by atoms with Gasteiger partial charge in [-0.15, -0.1) is 0 Å². The number of carbonyl (C=O) groups is 2. The summed E-state index contributed by atoms with van der Waals surface area (Å²) in [7, 11) is 0. The summed E-state index contributed by atoms with van der Waals surface area (Å²) >= 11 is 11.6. The molecule has 0 saturated heterocycles. The van der Waals surface area contributed by atoms with Crippen LogP contribution in [0.1, 0.15) is 13.3 Å². The van der Waals surface area contributed by atoms with E-state index in [-0.39, 0.29) is 18.9 Å². The maximum Gasteiger partial charge on any atom is 0.319 e. The normalized spacial score (nSPS) is 11.7. The molecule has 0 aliphatic carbocycles. The molecule has 0 radical (unpaired) electrons. The number of amides is 2. The molecule has 0 aliphatic heterocycles. The fourth-order valence-electron chi connectivity index (χ4n) is 1.39. The molecule has 0 spiro atoms. The number of hydrogen-bond acceptors (Lipinski definition) is 2. The van der Waals surface area contributed by atoms with Crippen molar-refractivity contribution in [1.82, 2.24) is 5.32 Å². The molecule has 0 fully saturated rings. The van der Waals surface area contributed by atoms with Crippen molar-refractivity contribution >= 4 is 40.9 Å². The molecule has 5 nitrogen and oxygen atoms in total. The van der Waals surface area contributed by atoms with E-state index in [1.165, 1.54) is 6.07 Å². The summed E-state index contributed by atoms with van der Waals surface area (Å²) in [5.74, 6) is -1.04. The molecule has 7 heteroatoms. The van der Waals surface area contributed by atoms with Crippen molar-refractivity contribution < 1.29 is 14.7 Å². The largest absolute Gasteiger partial charge is 0.481 e. The van der Waals surface area contributed by atoms with Gasteiger partial charge in [0.25, 0.3) is 0 Å². The zero-order valence-electron chi connectivity index (χ0n) is 10.2. The Morgan fingerprint density at radius 1 is 1.37 bits per heavy atom. The van der Waals surface area contributed by atoms with Gasteiger partial charge in [-0.1, -0.05) is 30.1 Å². The van der Waals surface area contributed by atoms with Crippen LogP contribution in [-0.4, -0.2) is 23.7 Å². The quantitative estimate of drug-likeness (QED) is 0.781. The Morgan fingerprint density at radius 3 is 2.63 bits per heavy atom. The van der Waals surface area contributed by atoms with Gasteiger partial charge in [-0.05, 0) is 24.1 Å². The molecule has 3 N–H and O–H groups in total. The maximum atomic E-state index is 11.6. The Morgan fingerprint density at radius 2 is 2.05 bits per heavy atom. The summed E-state index contributed by atoms with van der Waals surface area (Å²) in [6.45, 7) is 2.01. The number of benzene rings is 1. The number of hydrogen-bond donors (Lipinski definition) is 3. The molecule has 0 bridgehead atoms. The molecule has 1 aromatic rings. The Bertz CT molecular complexity index is 480. The minimum Gasteiger partial charge on any atom is -0.481 e. The van der Waals surface area contributed by atoms with Crippen molar-refractivity contribution in [3.8, 4) is 0 Å². The zero-order chi connectivity index (χ0) is 14.4. The van der Waals surface area contributed by atoms with E-state index in [9.17, 15) is 9.59 Å². The Labute approximate surface area is 120 Å². The van der Waals surface area contributed by atoms with Gasteiger partial charge >= 0.3 is 12.0 Å². The minimum atomic E-state index is -0.893. The van der Waals surface area contributed by atoms with Gasteiger partial charge < -0.3 is 15.7 Å². The van der Waals surface area contributed by atoms with Crippen LogP contribution in [0.25, 0.3) is 0 Å². The third-order valence-electron chi connectivity index (χ3n) is 2.31. The van der Waals surface area contributed by atoms with E-state index in [2.05, 4.69) is 10.6 Å². The van der Waals surface area contributed by atoms with Crippen LogP contribution in [0.5, 0.6) is 0 Å². The second-order valence-corrected chi connectivity index (χ2v) is 5.01. The van der Waals surface area contributed by atoms with Crippen molar-refractivity contribution in [2.24, 2.45) is 5.92 Å². The van der Waals surface area contributed by atoms with Crippen molar-refractivity contribution in [2.75, 3.05) is 11.9 Å². The summed E-state index contributed by atoms with van der Waals surface area (Å²) in [6.07, 6.45) is 0.00197. The number of carbonyl (C=O) groups excluding carboxylic acids is 1. The summed E-state index contributed by atoms with van der Waals surface area (Å²) in [5.41, 5.74) is 0.439. The highest BCUT2D eigenvalue weighted by atomic mass is 35.5. The molecule has 1 unspecified atom stereocenters. The fourth-order valence-corrected chi connectivity index (χ4v) is 1.85. The van der Waals surface area contributed by atoms with Gasteiger partial charge in [-0.2, -0.15) is 0 Å². The van der Waals surface area contributed by atoms with E-state index < -0.39 is 12.0 Å². The number of halogens is 2. The molecule has 1 aromatic carbocycles. The van der Waals surface area contributed by atoms with Gasteiger partial charge in [0, 0.05) is 18.0 Å². The first-order chi connectivity index (χ1) is 8.88. The molecular formula is C12H14Cl2N2O3. The third-order valence-corrected chi connectivity index (χ3v) is 2.86. The predicted molar refractivity (Wildman–Crippen MR) is 74.9 cm³/mol. The lowest BCUT2D eigenvalue weighted by Crippen LogP contribution is -2.33. The molecule has 0 aromatic heterocycles. The molecule has 104 valence electrons. The summed E-state index contributed by atoms with van der Waals surface area (Å²) in [6, 6.07) is 4.27. The van der Waals surface area contributed by atoms with Gasteiger partial charge in [0.15, 0.2) is 0 Å². The standard InChI is InChI=1S/C12H14Cl2N2O3/c1-7(4-11(17)18)6-15-12(19)16-10-3-2-8(13)5-9(10)14/h2-3,5,7H,4,6H2,1H3,(H,17,18)(H2,15,16,19). The van der Waals surface area contributed by atoms with Gasteiger partial charge in [0.2, 0.25) is 0 Å². The van der Waals surface area contributed by atoms with Gasteiger partial charge in [-0.3, -0.25) is 4.79 Å². The number of urea groups is 1. The lowest BCUT2D eigenvalue weighted by molar-refractivity contribution is -0.137. The number of carboxylic acids is 1. The molecule has 1 atom stereocenters. The fraction of sp³-hybridized carbons (Fsp3) is 0.333. The van der Waals surface area contributed by atoms with Crippen LogP contribution in [-0.2, 0) is 4.79 Å². The van der Waals surface area contributed by atoms with Gasteiger partial charge in [-0.25, -0.2) is 4.79 Å². The van der Waals surface area contributed by atoms with E-state index in [1.54, 1.807) is 19.1 Å². The van der Waals surface area contributed by atoms with Crippen LogP contribution >= 0.6 is 23.2 Å². The number of aliphatic carboxylic acids is 1. The number of anilines is 1. The highest BCUT2D eigenvalue weighted by Gasteiger charge is 2.10. The Balaban J connectivity index is 2.45. The monoisotopic (exact) mass is 304 g/mol. The lowest BCUT2D eigenvalue weighted by atomic mass is 10.1. The first-order valence-electron chi connectivity index (χ1n) is 5.60. The number of rotatable bonds is 5. The SMILES string of the molecule is CC(CNC(=O)Nc1ccc(Cl)cc1Cl)CC(=O)O. The van der Waals surface area contributed by atoms with Crippen molar-refractivity contribution in [3.05, 3.63) is 28.2 Å². The average molecular weight is 305 g/mol. The van der Waals surface area contributed by atoms with E-state index in [0.29, 0.717) is 15.7 Å². The molecule has 0 saturated carbocycles. The van der Waals surface area contributed by atoms with Crippen LogP contribution < -0.4 is 10.6 Å². The highest BCUT2D eigenvalue weighted by molar-refractivity contribution is 6.36. The maximum absolute atomic E-state index is 11.6. The highest BCUT2D eigenvalue weighted by Crippen LogP contribution is 2.25. The molecule has 1 rings (SSSR count). The number of nitrogens with one attached hydrogen (secondary N) is 2. The minimum absolute atomic E-state index is 0.00197. The zero-order valence-corrected chi connectivity index (χ0v) is 11.8. The Hall–Kier alpha value is -1.46. The predicted octanol–water partition coefficient (Wildman–Crippen LogP) is 3.23. The topological polar surface area (TPSA) is 78.4 Å². The van der Waals surface area contributed by atoms with E-state index in [1.807, 2.05) is 0 Å². The van der Waals surface area contributed by atoms with Crippen molar-refractivity contribution in [1.29, 1.82) is 0 Å². The number of carboxylic acid groups (broad SMARTS) is 1. The van der Waals surface area contributed by atoms with E-state index in [0.717, 1.165) is 0 Å². The smallest absolute Gasteiger partial charge is 0.319 e. The third kappa shape index (κ3) is 5.81. The van der Waals surface area contributed by atoms with Crippen LogP contribution in [0.3, 0.4) is 0 Å². The molecule has 19 heavy (non-hydrogen) atoms. The van der Waals surface area contributed by atoms with Crippen molar-refractivity contribution in [3.63, 3.8) is 0 Å². The second kappa shape index (κ2) is 7.21. The Kier molecular flexibility index (Phi) is 5.92. The van der Waals surface area contributed by atoms with Crippen LogP contribution in [0.4, 0.5) is 10.5 Å². The summed E-state index contributed by atoms with van der Waals surface area (Å²) in [4.78, 5) is 22.0. The average Bonchev–Trinajstić information content (AvgIpc) is 2.29. The molecular weight excluding hydrogens is 291 g/mol. The van der Waals surface area contributed by atoms with Gasteiger partial charge in [0.1, 0.15) is 0 Å². The summed E-state index contributed by atoms with van der Waals surface area (Å²) < 4.78 is 0. The van der Waals surface area contributed by atoms with Crippen LogP contribution in [0.15, 0.2) is 18.2 Å². The van der Waals surface area contributed by atoms with Crippen LogP contribution in [0.2, 0.25) is 10.0 Å².